The number of carbonyl (C=O) groups excluding carboxylic acids is 1. The molecular formula is C21H18F2N2O3. The predicted molar refractivity (Wildman–Crippen MR) is 98.4 cm³/mol. The molecule has 1 aliphatic rings. The van der Waals surface area contributed by atoms with E-state index < -0.39 is 6.61 Å². The SMILES string of the molecule is Cc1ccc(-c2cc(C(=O)N[C@@H]3C[C@@H]3c3ccccc3OC(F)F)on2)cc1. The van der Waals surface area contributed by atoms with Crippen molar-refractivity contribution in [1.82, 2.24) is 10.5 Å². The molecule has 2 aromatic carbocycles. The summed E-state index contributed by atoms with van der Waals surface area (Å²) in [6, 6.07) is 15.8. The van der Waals surface area contributed by atoms with Gasteiger partial charge in [0.05, 0.1) is 0 Å². The second-order valence-electron chi connectivity index (χ2n) is 6.78. The Bertz CT molecular complexity index is 985. The van der Waals surface area contributed by atoms with Gasteiger partial charge in [-0.2, -0.15) is 8.78 Å². The summed E-state index contributed by atoms with van der Waals surface area (Å²) < 4.78 is 34.9. The number of rotatable bonds is 6. The van der Waals surface area contributed by atoms with Crippen LogP contribution < -0.4 is 10.1 Å². The second kappa shape index (κ2) is 7.42. The van der Waals surface area contributed by atoms with Crippen LogP contribution in [0.25, 0.3) is 11.3 Å². The van der Waals surface area contributed by atoms with Gasteiger partial charge in [0.1, 0.15) is 11.4 Å². The largest absolute Gasteiger partial charge is 0.435 e. The minimum absolute atomic E-state index is 0.0709. The van der Waals surface area contributed by atoms with Crippen LogP contribution in [-0.4, -0.2) is 23.7 Å². The fourth-order valence-corrected chi connectivity index (χ4v) is 3.17. The molecule has 0 aliphatic heterocycles. The summed E-state index contributed by atoms with van der Waals surface area (Å²) in [7, 11) is 0. The van der Waals surface area contributed by atoms with Gasteiger partial charge in [0, 0.05) is 23.6 Å². The summed E-state index contributed by atoms with van der Waals surface area (Å²) in [6.45, 7) is -0.899. The average molecular weight is 384 g/mol. The summed E-state index contributed by atoms with van der Waals surface area (Å²) in [5.41, 5.74) is 3.22. The van der Waals surface area contributed by atoms with E-state index >= 15 is 0 Å². The van der Waals surface area contributed by atoms with Crippen LogP contribution in [0, 0.1) is 6.92 Å². The summed E-state index contributed by atoms with van der Waals surface area (Å²) in [6.07, 6.45) is 0.647. The quantitative estimate of drug-likeness (QED) is 0.678. The van der Waals surface area contributed by atoms with Gasteiger partial charge >= 0.3 is 6.61 Å². The van der Waals surface area contributed by atoms with Crippen molar-refractivity contribution in [2.45, 2.75) is 31.9 Å². The first-order valence-corrected chi connectivity index (χ1v) is 8.89. The summed E-state index contributed by atoms with van der Waals surface area (Å²) in [5.74, 6) is -0.206. The molecule has 0 radical (unpaired) electrons. The van der Waals surface area contributed by atoms with E-state index in [1.807, 2.05) is 31.2 Å². The molecule has 1 fully saturated rings. The summed E-state index contributed by atoms with van der Waals surface area (Å²) in [5, 5.41) is 6.81. The van der Waals surface area contributed by atoms with Gasteiger partial charge in [-0.15, -0.1) is 0 Å². The lowest BCUT2D eigenvalue weighted by molar-refractivity contribution is -0.0504. The molecule has 1 N–H and O–H groups in total. The molecule has 1 saturated carbocycles. The third-order valence-electron chi connectivity index (χ3n) is 4.72. The van der Waals surface area contributed by atoms with Gasteiger partial charge < -0.3 is 14.6 Å². The molecule has 1 aromatic heterocycles. The summed E-state index contributed by atoms with van der Waals surface area (Å²) in [4.78, 5) is 12.4. The number of hydrogen-bond acceptors (Lipinski definition) is 4. The van der Waals surface area contributed by atoms with Gasteiger partial charge in [-0.05, 0) is 25.0 Å². The molecule has 0 spiro atoms. The van der Waals surface area contributed by atoms with Gasteiger partial charge in [0.15, 0.2) is 0 Å². The van der Waals surface area contributed by atoms with E-state index in [1.165, 1.54) is 6.07 Å². The number of hydrogen-bond donors (Lipinski definition) is 1. The van der Waals surface area contributed by atoms with Gasteiger partial charge in [0.2, 0.25) is 5.76 Å². The lowest BCUT2D eigenvalue weighted by atomic mass is 10.1. The number of carbonyl (C=O) groups is 1. The zero-order valence-corrected chi connectivity index (χ0v) is 15.1. The fraction of sp³-hybridized carbons (Fsp3) is 0.238. The highest BCUT2D eigenvalue weighted by Gasteiger charge is 2.42. The maximum Gasteiger partial charge on any atom is 0.387 e. The Balaban J connectivity index is 1.42. The maximum atomic E-state index is 12.6. The number of amides is 1. The third-order valence-corrected chi connectivity index (χ3v) is 4.72. The topological polar surface area (TPSA) is 64.4 Å². The number of halogens is 2. The Morgan fingerprint density at radius 2 is 1.96 bits per heavy atom. The third kappa shape index (κ3) is 3.88. The zero-order valence-electron chi connectivity index (χ0n) is 15.1. The minimum Gasteiger partial charge on any atom is -0.435 e. The van der Waals surface area contributed by atoms with Crippen LogP contribution >= 0.6 is 0 Å². The monoisotopic (exact) mass is 384 g/mol. The van der Waals surface area contributed by atoms with E-state index in [2.05, 4.69) is 15.2 Å². The normalized spacial score (nSPS) is 18.1. The van der Waals surface area contributed by atoms with Crippen molar-refractivity contribution in [3.63, 3.8) is 0 Å². The van der Waals surface area contributed by atoms with E-state index in [9.17, 15) is 13.6 Å². The van der Waals surface area contributed by atoms with Gasteiger partial charge in [-0.25, -0.2) is 0 Å². The van der Waals surface area contributed by atoms with E-state index in [0.717, 1.165) is 11.1 Å². The van der Waals surface area contributed by atoms with Crippen molar-refractivity contribution in [3.8, 4) is 17.0 Å². The molecule has 1 heterocycles. The Morgan fingerprint density at radius 3 is 2.71 bits per heavy atom. The Morgan fingerprint density at radius 1 is 1.21 bits per heavy atom. The first kappa shape index (κ1) is 18.2. The number of benzene rings is 2. The molecule has 0 unspecified atom stereocenters. The smallest absolute Gasteiger partial charge is 0.387 e. The summed E-state index contributed by atoms with van der Waals surface area (Å²) >= 11 is 0. The molecule has 144 valence electrons. The average Bonchev–Trinajstić information content (AvgIpc) is 3.24. The van der Waals surface area contributed by atoms with Gasteiger partial charge in [-0.1, -0.05) is 53.2 Å². The van der Waals surface area contributed by atoms with Crippen LogP contribution in [0.5, 0.6) is 5.75 Å². The molecule has 4 rings (SSSR count). The number of nitrogens with one attached hydrogen (secondary N) is 1. The van der Waals surface area contributed by atoms with Crippen molar-refractivity contribution < 1.29 is 22.8 Å². The Hall–Kier alpha value is -3.22. The van der Waals surface area contributed by atoms with Crippen molar-refractivity contribution in [2.24, 2.45) is 0 Å². The van der Waals surface area contributed by atoms with Crippen LogP contribution in [0.4, 0.5) is 8.78 Å². The molecule has 3 aromatic rings. The highest BCUT2D eigenvalue weighted by molar-refractivity contribution is 5.93. The number of ether oxygens (including phenoxy) is 1. The van der Waals surface area contributed by atoms with Crippen LogP contribution in [0.15, 0.2) is 59.1 Å². The van der Waals surface area contributed by atoms with E-state index in [0.29, 0.717) is 17.7 Å². The first-order chi connectivity index (χ1) is 13.5. The highest BCUT2D eigenvalue weighted by Crippen LogP contribution is 2.45. The van der Waals surface area contributed by atoms with Crippen molar-refractivity contribution in [2.75, 3.05) is 0 Å². The highest BCUT2D eigenvalue weighted by atomic mass is 19.3. The number of aryl methyl sites for hydroxylation is 1. The molecule has 1 amide bonds. The molecule has 7 heteroatoms. The number of para-hydroxylation sites is 1. The fourth-order valence-electron chi connectivity index (χ4n) is 3.17. The molecule has 1 aliphatic carbocycles. The van der Waals surface area contributed by atoms with Crippen LogP contribution in [0.3, 0.4) is 0 Å². The standard InChI is InChI=1S/C21H18F2N2O3/c1-12-6-8-13(9-7-12)16-11-19(28-25-16)20(26)24-17-10-15(17)14-4-2-3-5-18(14)27-21(22)23/h2-9,11,15,17,21H,10H2,1H3,(H,24,26)/t15-,17-/m1/s1. The van der Waals surface area contributed by atoms with Crippen molar-refractivity contribution in [3.05, 3.63) is 71.5 Å². The van der Waals surface area contributed by atoms with E-state index in [-0.39, 0.29) is 29.4 Å². The molecular weight excluding hydrogens is 366 g/mol. The predicted octanol–water partition coefficient (Wildman–Crippen LogP) is 4.54. The van der Waals surface area contributed by atoms with Crippen molar-refractivity contribution in [1.29, 1.82) is 0 Å². The lowest BCUT2D eigenvalue weighted by Crippen LogP contribution is -2.26. The van der Waals surface area contributed by atoms with Gasteiger partial charge in [0.25, 0.3) is 5.91 Å². The van der Waals surface area contributed by atoms with Crippen LogP contribution in [0.1, 0.15) is 34.0 Å². The lowest BCUT2D eigenvalue weighted by Gasteiger charge is -2.10. The van der Waals surface area contributed by atoms with Gasteiger partial charge in [-0.3, -0.25) is 4.79 Å². The number of alkyl halides is 2. The van der Waals surface area contributed by atoms with Crippen LogP contribution in [-0.2, 0) is 0 Å². The van der Waals surface area contributed by atoms with E-state index in [1.54, 1.807) is 24.3 Å². The number of nitrogens with zero attached hydrogens (tertiary/aromatic N) is 1. The van der Waals surface area contributed by atoms with E-state index in [4.69, 9.17) is 4.52 Å². The molecule has 0 saturated heterocycles. The first-order valence-electron chi connectivity index (χ1n) is 8.89. The van der Waals surface area contributed by atoms with Crippen molar-refractivity contribution >= 4 is 5.91 Å². The number of aromatic nitrogens is 1. The Kier molecular flexibility index (Phi) is 4.81. The minimum atomic E-state index is -2.89. The Labute approximate surface area is 160 Å². The second-order valence-corrected chi connectivity index (χ2v) is 6.78. The molecule has 28 heavy (non-hydrogen) atoms. The molecule has 2 atom stereocenters. The van der Waals surface area contributed by atoms with Crippen LogP contribution in [0.2, 0.25) is 0 Å². The zero-order chi connectivity index (χ0) is 19.7. The molecule has 0 bridgehead atoms. The molecule has 5 nitrogen and oxygen atoms in total. The maximum absolute atomic E-state index is 12.6.